The molecule has 4 saturated carbocycles. The largest absolute Gasteiger partial charge is 0.216 e. The molecule has 0 aliphatic heterocycles. The maximum absolute atomic E-state index is 2.41. The molecule has 0 spiro atoms. The molecule has 0 heterocycles. The van der Waals surface area contributed by atoms with Crippen LogP contribution in [-0.2, 0) is 0 Å². The SMILES string of the molecule is CSB([C@@H]1C[C@H]2CC[C@@H]1C2)[C@@H]1C[C@H]2CC[C@@H]1C2. The second kappa shape index (κ2) is 4.22. The van der Waals surface area contributed by atoms with Crippen LogP contribution in [0.1, 0.15) is 51.4 Å². The lowest BCUT2D eigenvalue weighted by Crippen LogP contribution is -2.30. The first kappa shape index (κ1) is 11.3. The molecule has 0 saturated heterocycles. The van der Waals surface area contributed by atoms with Crippen LogP contribution in [0.15, 0.2) is 0 Å². The highest BCUT2D eigenvalue weighted by atomic mass is 32.2. The second-order valence-electron chi connectivity index (χ2n) is 7.38. The van der Waals surface area contributed by atoms with Gasteiger partial charge < -0.3 is 0 Å². The number of hydrogen-bond donors (Lipinski definition) is 0. The van der Waals surface area contributed by atoms with Gasteiger partial charge in [-0.1, -0.05) is 38.5 Å². The first-order valence-corrected chi connectivity index (χ1v) is 9.16. The summed E-state index contributed by atoms with van der Waals surface area (Å²) in [5.74, 6) is 7.83. The van der Waals surface area contributed by atoms with Crippen molar-refractivity contribution in [1.82, 2.24) is 0 Å². The number of rotatable bonds is 3. The Labute approximate surface area is 111 Å². The highest BCUT2D eigenvalue weighted by Crippen LogP contribution is 2.61. The lowest BCUT2D eigenvalue weighted by molar-refractivity contribution is 0.444. The van der Waals surface area contributed by atoms with Gasteiger partial charge in [-0.25, -0.2) is 11.6 Å². The predicted octanol–water partition coefficient (Wildman–Crippen LogP) is 4.72. The molecule has 94 valence electrons. The normalized spacial score (nSPS) is 51.4. The third-order valence-electron chi connectivity index (χ3n) is 6.70. The first-order valence-electron chi connectivity index (χ1n) is 7.88. The molecule has 0 radical (unpaired) electrons. The number of fused-ring (bicyclic) bond motifs is 4. The van der Waals surface area contributed by atoms with Gasteiger partial charge in [0.2, 0.25) is 5.99 Å². The second-order valence-corrected chi connectivity index (χ2v) is 8.39. The van der Waals surface area contributed by atoms with Gasteiger partial charge in [-0.2, -0.15) is 0 Å². The van der Waals surface area contributed by atoms with Crippen molar-refractivity contribution in [3.8, 4) is 0 Å². The van der Waals surface area contributed by atoms with Crippen LogP contribution in [0.4, 0.5) is 0 Å². The molecule has 4 aliphatic carbocycles. The fraction of sp³-hybridized carbons (Fsp3) is 1.00. The molecule has 0 unspecified atom stereocenters. The van der Waals surface area contributed by atoms with Crippen LogP contribution < -0.4 is 0 Å². The summed E-state index contributed by atoms with van der Waals surface area (Å²) in [6, 6.07) is 0. The molecule has 4 bridgehead atoms. The maximum atomic E-state index is 2.41. The monoisotopic (exact) mass is 248 g/mol. The van der Waals surface area contributed by atoms with Gasteiger partial charge >= 0.3 is 0 Å². The zero-order valence-corrected chi connectivity index (χ0v) is 11.9. The van der Waals surface area contributed by atoms with Crippen molar-refractivity contribution in [3.05, 3.63) is 0 Å². The topological polar surface area (TPSA) is 0 Å². The van der Waals surface area contributed by atoms with Crippen molar-refractivity contribution in [2.45, 2.75) is 63.0 Å². The van der Waals surface area contributed by atoms with E-state index in [1.807, 2.05) is 0 Å². The average Bonchev–Trinajstić information content (AvgIpc) is 3.10. The van der Waals surface area contributed by atoms with Crippen molar-refractivity contribution >= 4 is 17.6 Å². The molecule has 2 heteroatoms. The van der Waals surface area contributed by atoms with Crippen LogP contribution in [-0.4, -0.2) is 12.2 Å². The zero-order valence-electron chi connectivity index (χ0n) is 11.1. The van der Waals surface area contributed by atoms with Gasteiger partial charge in [0.25, 0.3) is 0 Å². The summed E-state index contributed by atoms with van der Waals surface area (Å²) in [4.78, 5) is 0. The molecule has 4 fully saturated rings. The Bertz CT molecular complexity index is 277. The third-order valence-corrected chi connectivity index (χ3v) is 7.95. The van der Waals surface area contributed by atoms with Gasteiger partial charge in [0, 0.05) is 0 Å². The summed E-state index contributed by atoms with van der Waals surface area (Å²) in [6.45, 7) is 0. The molecule has 4 rings (SSSR count). The summed E-state index contributed by atoms with van der Waals surface area (Å²) < 4.78 is 0. The van der Waals surface area contributed by atoms with E-state index in [4.69, 9.17) is 0 Å². The molecule has 0 aromatic rings. The van der Waals surface area contributed by atoms with Crippen LogP contribution in [0, 0.1) is 23.7 Å². The van der Waals surface area contributed by atoms with Gasteiger partial charge in [-0.05, 0) is 54.4 Å². The van der Waals surface area contributed by atoms with E-state index >= 15 is 0 Å². The Morgan fingerprint density at radius 2 is 1.29 bits per heavy atom. The fourth-order valence-corrected chi connectivity index (χ4v) is 7.43. The minimum Gasteiger partial charge on any atom is -0.213 e. The van der Waals surface area contributed by atoms with Crippen LogP contribution in [0.3, 0.4) is 0 Å². The molecular weight excluding hydrogens is 223 g/mol. The van der Waals surface area contributed by atoms with E-state index in [0.29, 0.717) is 0 Å². The lowest BCUT2D eigenvalue weighted by Gasteiger charge is -2.34. The van der Waals surface area contributed by atoms with Gasteiger partial charge in [0.05, 0.1) is 0 Å². The molecule has 0 amide bonds. The van der Waals surface area contributed by atoms with E-state index in [1.54, 1.807) is 51.4 Å². The van der Waals surface area contributed by atoms with Gasteiger partial charge in [-0.15, -0.1) is 0 Å². The Morgan fingerprint density at radius 1 is 0.765 bits per heavy atom. The van der Waals surface area contributed by atoms with E-state index in [-0.39, 0.29) is 0 Å². The molecule has 6 atom stereocenters. The van der Waals surface area contributed by atoms with Crippen molar-refractivity contribution in [1.29, 1.82) is 0 Å². The van der Waals surface area contributed by atoms with Crippen molar-refractivity contribution in [2.24, 2.45) is 23.7 Å². The summed E-state index contributed by atoms with van der Waals surface area (Å²) in [6.07, 6.45) is 15.1. The Balaban J connectivity index is 1.51. The van der Waals surface area contributed by atoms with E-state index in [2.05, 4.69) is 17.9 Å². The van der Waals surface area contributed by atoms with Gasteiger partial charge in [0.15, 0.2) is 0 Å². The quantitative estimate of drug-likeness (QED) is 0.651. The Morgan fingerprint density at radius 3 is 1.59 bits per heavy atom. The molecular formula is C15H25BS. The van der Waals surface area contributed by atoms with E-state index in [9.17, 15) is 0 Å². The minimum atomic E-state index is 1.04. The van der Waals surface area contributed by atoms with Crippen LogP contribution in [0.5, 0.6) is 0 Å². The lowest BCUT2D eigenvalue weighted by atomic mass is 9.46. The molecule has 0 N–H and O–H groups in total. The van der Waals surface area contributed by atoms with Gasteiger partial charge in [0.1, 0.15) is 0 Å². The molecule has 0 aromatic carbocycles. The van der Waals surface area contributed by atoms with E-state index in [0.717, 1.165) is 41.3 Å². The molecule has 0 nitrogen and oxygen atoms in total. The summed E-state index contributed by atoms with van der Waals surface area (Å²) in [5, 5.41) is 0. The summed E-state index contributed by atoms with van der Waals surface area (Å²) in [5.41, 5.74) is 0. The van der Waals surface area contributed by atoms with Crippen molar-refractivity contribution in [2.75, 3.05) is 6.26 Å². The minimum absolute atomic E-state index is 1.04. The molecule has 17 heavy (non-hydrogen) atoms. The van der Waals surface area contributed by atoms with Gasteiger partial charge in [-0.3, -0.25) is 0 Å². The van der Waals surface area contributed by atoms with Crippen LogP contribution in [0.25, 0.3) is 0 Å². The van der Waals surface area contributed by atoms with E-state index in [1.165, 1.54) is 0 Å². The average molecular weight is 248 g/mol. The Hall–Kier alpha value is 0.415. The highest BCUT2D eigenvalue weighted by molar-refractivity contribution is 8.25. The maximum Gasteiger partial charge on any atom is 0.216 e. The highest BCUT2D eigenvalue weighted by Gasteiger charge is 2.51. The Kier molecular flexibility index (Phi) is 2.79. The van der Waals surface area contributed by atoms with Crippen molar-refractivity contribution < 1.29 is 0 Å². The first-order chi connectivity index (χ1) is 8.35. The smallest absolute Gasteiger partial charge is 0.213 e. The van der Waals surface area contributed by atoms with Crippen LogP contribution in [0.2, 0.25) is 11.6 Å². The number of hydrogen-bond acceptors (Lipinski definition) is 1. The molecule has 4 aliphatic rings. The van der Waals surface area contributed by atoms with Crippen LogP contribution >= 0.6 is 11.6 Å². The zero-order chi connectivity index (χ0) is 11.4. The third kappa shape index (κ3) is 1.73. The van der Waals surface area contributed by atoms with Crippen molar-refractivity contribution in [3.63, 3.8) is 0 Å². The summed E-state index contributed by atoms with van der Waals surface area (Å²) >= 11 is 2.24. The predicted molar refractivity (Wildman–Crippen MR) is 77.7 cm³/mol. The van der Waals surface area contributed by atoms with E-state index < -0.39 is 0 Å². The molecule has 0 aromatic heterocycles. The standard InChI is InChI=1S/C15H25BS/c1-17-16(14-8-10-2-4-12(14)6-10)15-9-11-3-5-13(15)7-11/h10-15H,2-9H2,1H3/t10-,11-,12+,13+,14+,15+/m0/s1. The summed E-state index contributed by atoms with van der Waals surface area (Å²) in [7, 11) is 0. The fourth-order valence-electron chi connectivity index (χ4n) is 6.06.